The van der Waals surface area contributed by atoms with Crippen LogP contribution in [0.2, 0.25) is 0 Å². The predicted octanol–water partition coefficient (Wildman–Crippen LogP) is 3.23. The number of hydrogen-bond donors (Lipinski definition) is 0. The van der Waals surface area contributed by atoms with Crippen molar-refractivity contribution in [2.24, 2.45) is 0 Å². The van der Waals surface area contributed by atoms with Gasteiger partial charge in [0, 0.05) is 6.54 Å². The molecular weight excluding hydrogens is 352 g/mol. The lowest BCUT2D eigenvalue weighted by atomic mass is 10.1. The summed E-state index contributed by atoms with van der Waals surface area (Å²) in [5, 5.41) is 0.537. The lowest BCUT2D eigenvalue weighted by Crippen LogP contribution is -2.21. The smallest absolute Gasteiger partial charge is 0.262 e. The molecular formula is C19H20N2O4S. The monoisotopic (exact) mass is 372 g/mol. The van der Waals surface area contributed by atoms with Gasteiger partial charge in [0.05, 0.1) is 30.8 Å². The molecule has 0 spiro atoms. The molecule has 136 valence electrons. The van der Waals surface area contributed by atoms with Gasteiger partial charge >= 0.3 is 0 Å². The van der Waals surface area contributed by atoms with Crippen LogP contribution in [0.15, 0.2) is 29.3 Å². The molecule has 0 aliphatic carbocycles. The fraction of sp³-hybridized carbons (Fsp3) is 0.316. The number of carbonyl (C=O) groups excluding carboxylic acids is 1. The number of thiophene rings is 1. The van der Waals surface area contributed by atoms with Crippen molar-refractivity contribution in [2.45, 2.75) is 26.8 Å². The Balaban J connectivity index is 1.90. The summed E-state index contributed by atoms with van der Waals surface area (Å²) < 4.78 is 12.1. The van der Waals surface area contributed by atoms with Gasteiger partial charge in [0.1, 0.15) is 4.83 Å². The van der Waals surface area contributed by atoms with Crippen LogP contribution in [0.4, 0.5) is 0 Å². The Morgan fingerprint density at radius 3 is 2.62 bits per heavy atom. The predicted molar refractivity (Wildman–Crippen MR) is 102 cm³/mol. The number of ether oxygens (including phenoxy) is 2. The lowest BCUT2D eigenvalue weighted by Gasteiger charge is -2.10. The van der Waals surface area contributed by atoms with Crippen molar-refractivity contribution in [2.75, 3.05) is 14.2 Å². The average Bonchev–Trinajstić information content (AvgIpc) is 2.98. The van der Waals surface area contributed by atoms with Gasteiger partial charge in [0.15, 0.2) is 17.3 Å². The zero-order valence-electron chi connectivity index (χ0n) is 15.2. The Labute approximate surface area is 155 Å². The van der Waals surface area contributed by atoms with E-state index in [0.717, 1.165) is 11.1 Å². The summed E-state index contributed by atoms with van der Waals surface area (Å²) in [5.74, 6) is 1.29. The number of methoxy groups -OCH3 is 2. The molecule has 26 heavy (non-hydrogen) atoms. The molecule has 6 nitrogen and oxygen atoms in total. The summed E-state index contributed by atoms with van der Waals surface area (Å²) in [6.45, 7) is 3.80. The molecule has 2 heterocycles. The van der Waals surface area contributed by atoms with Gasteiger partial charge < -0.3 is 9.47 Å². The highest BCUT2D eigenvalue weighted by Crippen LogP contribution is 2.28. The van der Waals surface area contributed by atoms with Gasteiger partial charge in [-0.1, -0.05) is 6.07 Å². The van der Waals surface area contributed by atoms with Crippen molar-refractivity contribution in [3.05, 3.63) is 50.9 Å². The number of aryl methyl sites for hydroxylation is 3. The molecule has 0 aliphatic rings. The molecule has 2 aromatic heterocycles. The van der Waals surface area contributed by atoms with E-state index < -0.39 is 0 Å². The van der Waals surface area contributed by atoms with Crippen molar-refractivity contribution < 1.29 is 14.3 Å². The van der Waals surface area contributed by atoms with Gasteiger partial charge in [0.25, 0.3) is 5.56 Å². The van der Waals surface area contributed by atoms with Crippen LogP contribution in [0.25, 0.3) is 10.2 Å². The first-order valence-corrected chi connectivity index (χ1v) is 8.98. The van der Waals surface area contributed by atoms with Gasteiger partial charge in [-0.2, -0.15) is 0 Å². The number of benzene rings is 1. The van der Waals surface area contributed by atoms with E-state index >= 15 is 0 Å². The van der Waals surface area contributed by atoms with Gasteiger partial charge in [-0.3, -0.25) is 14.2 Å². The summed E-state index contributed by atoms with van der Waals surface area (Å²) in [4.78, 5) is 30.1. The minimum absolute atomic E-state index is 0.0400. The van der Waals surface area contributed by atoms with E-state index in [4.69, 9.17) is 9.47 Å². The molecule has 0 radical (unpaired) electrons. The van der Waals surface area contributed by atoms with E-state index in [1.165, 1.54) is 18.3 Å². The second-order valence-electron chi connectivity index (χ2n) is 5.97. The van der Waals surface area contributed by atoms with Crippen molar-refractivity contribution in [1.82, 2.24) is 9.55 Å². The maximum atomic E-state index is 12.8. The summed E-state index contributed by atoms with van der Waals surface area (Å²) in [7, 11) is 3.19. The zero-order valence-corrected chi connectivity index (χ0v) is 16.0. The van der Waals surface area contributed by atoms with E-state index in [1.807, 2.05) is 18.2 Å². The van der Waals surface area contributed by atoms with Gasteiger partial charge in [0.2, 0.25) is 0 Å². The number of rotatable bonds is 6. The second-order valence-corrected chi connectivity index (χ2v) is 6.97. The highest BCUT2D eigenvalue weighted by Gasteiger charge is 2.17. The summed E-state index contributed by atoms with van der Waals surface area (Å²) in [5.41, 5.74) is 1.63. The minimum atomic E-state index is -0.114. The van der Waals surface area contributed by atoms with Crippen LogP contribution in [0.3, 0.4) is 0 Å². The third kappa shape index (κ3) is 3.22. The first-order valence-electron chi connectivity index (χ1n) is 8.16. The van der Waals surface area contributed by atoms with Crippen molar-refractivity contribution >= 4 is 27.3 Å². The summed E-state index contributed by atoms with van der Waals surface area (Å²) in [6, 6.07) is 5.70. The van der Waals surface area contributed by atoms with Crippen molar-refractivity contribution in [3.8, 4) is 11.5 Å². The zero-order chi connectivity index (χ0) is 18.8. The highest BCUT2D eigenvalue weighted by atomic mass is 32.1. The van der Waals surface area contributed by atoms with Crippen LogP contribution in [0, 0.1) is 6.92 Å². The molecule has 0 atom stereocenters. The number of ketones is 1. The SMILES string of the molecule is COc1ccc(CCn2cnc3sc(C(C)=O)c(C)c3c2=O)cc1OC. The fourth-order valence-electron chi connectivity index (χ4n) is 2.94. The quantitative estimate of drug-likeness (QED) is 0.621. The van der Waals surface area contributed by atoms with Crippen LogP contribution >= 0.6 is 11.3 Å². The minimum Gasteiger partial charge on any atom is -0.493 e. The Morgan fingerprint density at radius 1 is 1.23 bits per heavy atom. The number of carbonyl (C=O) groups is 1. The third-order valence-electron chi connectivity index (χ3n) is 4.33. The maximum Gasteiger partial charge on any atom is 0.262 e. The Kier molecular flexibility index (Phi) is 5.08. The maximum absolute atomic E-state index is 12.8. The van der Waals surface area contributed by atoms with E-state index in [0.29, 0.717) is 39.6 Å². The fourth-order valence-corrected chi connectivity index (χ4v) is 3.97. The Morgan fingerprint density at radius 2 is 1.96 bits per heavy atom. The normalized spacial score (nSPS) is 10.9. The van der Waals surface area contributed by atoms with Crippen LogP contribution in [0.5, 0.6) is 11.5 Å². The van der Waals surface area contributed by atoms with Crippen molar-refractivity contribution in [3.63, 3.8) is 0 Å². The van der Waals surface area contributed by atoms with E-state index in [2.05, 4.69) is 4.98 Å². The molecule has 0 N–H and O–H groups in total. The molecule has 0 aliphatic heterocycles. The van der Waals surface area contributed by atoms with Crippen LogP contribution in [-0.2, 0) is 13.0 Å². The van der Waals surface area contributed by atoms with E-state index in [9.17, 15) is 9.59 Å². The molecule has 3 rings (SSSR count). The third-order valence-corrected chi connectivity index (χ3v) is 5.63. The van der Waals surface area contributed by atoms with Crippen molar-refractivity contribution in [1.29, 1.82) is 0 Å². The Hall–Kier alpha value is -2.67. The number of Topliss-reactive ketones (excluding diaryl/α,β-unsaturated/α-hetero) is 1. The molecule has 0 saturated heterocycles. The first kappa shape index (κ1) is 18.1. The molecule has 1 aromatic carbocycles. The molecule has 7 heteroatoms. The van der Waals surface area contributed by atoms with Crippen LogP contribution < -0.4 is 15.0 Å². The molecule has 0 amide bonds. The van der Waals surface area contributed by atoms with E-state index in [1.54, 1.807) is 32.0 Å². The topological polar surface area (TPSA) is 70.4 Å². The summed E-state index contributed by atoms with van der Waals surface area (Å²) in [6.07, 6.45) is 2.20. The van der Waals surface area contributed by atoms with Gasteiger partial charge in [-0.15, -0.1) is 11.3 Å². The molecule has 3 aromatic rings. The first-order chi connectivity index (χ1) is 12.5. The van der Waals surface area contributed by atoms with Gasteiger partial charge in [-0.05, 0) is 43.5 Å². The lowest BCUT2D eigenvalue weighted by molar-refractivity contribution is 0.102. The number of fused-ring (bicyclic) bond motifs is 1. The summed E-state index contributed by atoms with van der Waals surface area (Å²) >= 11 is 1.27. The second kappa shape index (κ2) is 7.29. The molecule has 0 fully saturated rings. The van der Waals surface area contributed by atoms with Gasteiger partial charge in [-0.25, -0.2) is 4.98 Å². The molecule has 0 saturated carbocycles. The number of hydrogen-bond acceptors (Lipinski definition) is 6. The van der Waals surface area contributed by atoms with Crippen LogP contribution in [0.1, 0.15) is 27.7 Å². The molecule has 0 bridgehead atoms. The number of aromatic nitrogens is 2. The highest BCUT2D eigenvalue weighted by molar-refractivity contribution is 7.20. The Bertz CT molecular complexity index is 1040. The van der Waals surface area contributed by atoms with Crippen LogP contribution in [-0.4, -0.2) is 29.6 Å². The largest absolute Gasteiger partial charge is 0.493 e. The molecule has 0 unspecified atom stereocenters. The van der Waals surface area contributed by atoms with E-state index in [-0.39, 0.29) is 11.3 Å². The average molecular weight is 372 g/mol. The standard InChI is InChI=1S/C19H20N2O4S/c1-11-16-18(26-17(11)12(2)22)20-10-21(19(16)23)8-7-13-5-6-14(24-3)15(9-13)25-4/h5-6,9-10H,7-8H2,1-4H3. The number of nitrogens with zero attached hydrogens (tertiary/aromatic N) is 2.